The van der Waals surface area contributed by atoms with Crippen LogP contribution in [-0.4, -0.2) is 11.5 Å². The molecule has 0 saturated carbocycles. The van der Waals surface area contributed by atoms with Gasteiger partial charge in [-0.25, -0.2) is 9.37 Å². The SMILES string of the molecule is [N-]=[N+]=NCC#Cc1ncc(F)cc1N. The third-order valence-electron chi connectivity index (χ3n) is 1.30. The molecular formula is C8H6FN5. The predicted octanol–water partition coefficient (Wildman–Crippen LogP) is 1.46. The summed E-state index contributed by atoms with van der Waals surface area (Å²) >= 11 is 0. The highest BCUT2D eigenvalue weighted by molar-refractivity contribution is 5.51. The molecule has 0 radical (unpaired) electrons. The van der Waals surface area contributed by atoms with Crippen molar-refractivity contribution < 1.29 is 4.39 Å². The highest BCUT2D eigenvalue weighted by Crippen LogP contribution is 2.07. The van der Waals surface area contributed by atoms with Crippen LogP contribution in [0.25, 0.3) is 10.4 Å². The lowest BCUT2D eigenvalue weighted by atomic mass is 10.3. The molecule has 0 aliphatic carbocycles. The Bertz CT molecular complexity index is 439. The summed E-state index contributed by atoms with van der Waals surface area (Å²) in [7, 11) is 0. The molecule has 1 aromatic rings. The van der Waals surface area contributed by atoms with E-state index in [0.29, 0.717) is 0 Å². The van der Waals surface area contributed by atoms with Crippen molar-refractivity contribution in [3.05, 3.63) is 34.2 Å². The van der Waals surface area contributed by atoms with E-state index in [4.69, 9.17) is 11.3 Å². The Morgan fingerprint density at radius 2 is 2.50 bits per heavy atom. The van der Waals surface area contributed by atoms with Crippen LogP contribution in [0.15, 0.2) is 17.4 Å². The summed E-state index contributed by atoms with van der Waals surface area (Å²) in [5, 5.41) is 3.20. The van der Waals surface area contributed by atoms with Gasteiger partial charge in [0.25, 0.3) is 0 Å². The quantitative estimate of drug-likeness (QED) is 0.315. The van der Waals surface area contributed by atoms with Crippen LogP contribution < -0.4 is 5.73 Å². The largest absolute Gasteiger partial charge is 0.396 e. The number of aromatic nitrogens is 1. The summed E-state index contributed by atoms with van der Waals surface area (Å²) < 4.78 is 12.5. The summed E-state index contributed by atoms with van der Waals surface area (Å²) in [6, 6.07) is 1.13. The minimum atomic E-state index is -0.511. The Hall–Kier alpha value is -2.25. The Labute approximate surface area is 79.4 Å². The molecule has 0 aliphatic rings. The maximum Gasteiger partial charge on any atom is 0.143 e. The van der Waals surface area contributed by atoms with E-state index in [2.05, 4.69) is 26.9 Å². The van der Waals surface area contributed by atoms with Crippen molar-refractivity contribution in [2.75, 3.05) is 12.3 Å². The molecule has 0 aliphatic heterocycles. The zero-order valence-corrected chi connectivity index (χ0v) is 7.11. The molecule has 0 atom stereocenters. The minimum Gasteiger partial charge on any atom is -0.396 e. The molecular weight excluding hydrogens is 185 g/mol. The van der Waals surface area contributed by atoms with Crippen LogP contribution in [0.4, 0.5) is 10.1 Å². The Balaban J connectivity index is 2.84. The van der Waals surface area contributed by atoms with Crippen molar-refractivity contribution >= 4 is 5.69 Å². The Morgan fingerprint density at radius 3 is 3.14 bits per heavy atom. The van der Waals surface area contributed by atoms with Crippen molar-refractivity contribution in [1.82, 2.24) is 4.98 Å². The molecule has 1 rings (SSSR count). The number of hydrogen-bond donors (Lipinski definition) is 1. The number of azide groups is 1. The molecule has 0 spiro atoms. The molecule has 1 heterocycles. The van der Waals surface area contributed by atoms with Gasteiger partial charge in [-0.1, -0.05) is 11.0 Å². The van der Waals surface area contributed by atoms with Crippen LogP contribution in [0.1, 0.15) is 5.69 Å². The first-order valence-electron chi connectivity index (χ1n) is 3.65. The molecule has 5 nitrogen and oxygen atoms in total. The maximum atomic E-state index is 12.5. The molecule has 70 valence electrons. The average molecular weight is 191 g/mol. The van der Waals surface area contributed by atoms with Crippen LogP contribution in [0, 0.1) is 17.7 Å². The number of anilines is 1. The first kappa shape index (κ1) is 9.84. The van der Waals surface area contributed by atoms with Crippen molar-refractivity contribution in [2.24, 2.45) is 5.11 Å². The smallest absolute Gasteiger partial charge is 0.143 e. The van der Waals surface area contributed by atoms with Crippen molar-refractivity contribution in [3.8, 4) is 11.8 Å². The van der Waals surface area contributed by atoms with Crippen LogP contribution >= 0.6 is 0 Å². The lowest BCUT2D eigenvalue weighted by Gasteiger charge is -1.95. The predicted molar refractivity (Wildman–Crippen MR) is 49.5 cm³/mol. The molecule has 0 aromatic carbocycles. The lowest BCUT2D eigenvalue weighted by molar-refractivity contribution is 0.622. The fourth-order valence-electron chi connectivity index (χ4n) is 0.750. The van der Waals surface area contributed by atoms with Gasteiger partial charge in [0.05, 0.1) is 18.4 Å². The van der Waals surface area contributed by atoms with E-state index in [-0.39, 0.29) is 17.9 Å². The first-order valence-corrected chi connectivity index (χ1v) is 3.65. The van der Waals surface area contributed by atoms with Crippen LogP contribution in [0.3, 0.4) is 0 Å². The van der Waals surface area contributed by atoms with Crippen LogP contribution in [-0.2, 0) is 0 Å². The Morgan fingerprint density at radius 1 is 1.71 bits per heavy atom. The van der Waals surface area contributed by atoms with E-state index in [0.717, 1.165) is 12.3 Å². The van der Waals surface area contributed by atoms with Crippen LogP contribution in [0.2, 0.25) is 0 Å². The first-order chi connectivity index (χ1) is 6.74. The second-order valence-electron chi connectivity index (χ2n) is 2.28. The summed E-state index contributed by atoms with van der Waals surface area (Å²) in [6.45, 7) is 0.0367. The fraction of sp³-hybridized carbons (Fsp3) is 0.125. The van der Waals surface area contributed by atoms with Gasteiger partial charge in [0.2, 0.25) is 0 Å². The molecule has 0 fully saturated rings. The van der Waals surface area contributed by atoms with E-state index in [9.17, 15) is 4.39 Å². The summed E-state index contributed by atoms with van der Waals surface area (Å²) in [5.74, 6) is 4.57. The molecule has 0 saturated heterocycles. The number of nitrogens with zero attached hydrogens (tertiary/aromatic N) is 4. The van der Waals surface area contributed by atoms with Gasteiger partial charge in [0.15, 0.2) is 0 Å². The van der Waals surface area contributed by atoms with E-state index in [1.807, 2.05) is 0 Å². The molecule has 6 heteroatoms. The van der Waals surface area contributed by atoms with Crippen LogP contribution in [0.5, 0.6) is 0 Å². The van der Waals surface area contributed by atoms with E-state index < -0.39 is 5.82 Å². The fourth-order valence-corrected chi connectivity index (χ4v) is 0.750. The van der Waals surface area contributed by atoms with Gasteiger partial charge in [0.1, 0.15) is 11.5 Å². The van der Waals surface area contributed by atoms with Gasteiger partial charge in [-0.2, -0.15) is 0 Å². The number of hydrogen-bond acceptors (Lipinski definition) is 3. The Kier molecular flexibility index (Phi) is 3.30. The highest BCUT2D eigenvalue weighted by Gasteiger charge is 1.97. The summed E-state index contributed by atoms with van der Waals surface area (Å²) in [4.78, 5) is 6.18. The topological polar surface area (TPSA) is 87.7 Å². The van der Waals surface area contributed by atoms with Gasteiger partial charge in [-0.15, -0.1) is 0 Å². The summed E-state index contributed by atoms with van der Waals surface area (Å²) in [6.07, 6.45) is 1.02. The average Bonchev–Trinajstić information content (AvgIpc) is 2.15. The number of nitrogen functional groups attached to an aromatic ring is 1. The van der Waals surface area contributed by atoms with Gasteiger partial charge in [-0.3, -0.25) is 0 Å². The molecule has 1 aromatic heterocycles. The monoisotopic (exact) mass is 191 g/mol. The molecule has 0 amide bonds. The second kappa shape index (κ2) is 4.70. The van der Waals surface area contributed by atoms with E-state index >= 15 is 0 Å². The zero-order valence-electron chi connectivity index (χ0n) is 7.11. The van der Waals surface area contributed by atoms with Crippen molar-refractivity contribution in [1.29, 1.82) is 0 Å². The van der Waals surface area contributed by atoms with Crippen molar-refractivity contribution in [3.63, 3.8) is 0 Å². The zero-order chi connectivity index (χ0) is 10.4. The van der Waals surface area contributed by atoms with E-state index in [1.54, 1.807) is 0 Å². The number of nitrogens with two attached hydrogens (primary N) is 1. The standard InChI is InChI=1S/C8H6FN5/c9-6-4-7(10)8(12-5-6)2-1-3-13-14-11/h4-5H,3,10H2. The van der Waals surface area contributed by atoms with Gasteiger partial charge < -0.3 is 5.73 Å². The lowest BCUT2D eigenvalue weighted by Crippen LogP contribution is -1.94. The minimum absolute atomic E-state index is 0.0367. The third-order valence-corrected chi connectivity index (χ3v) is 1.30. The molecule has 0 unspecified atom stereocenters. The third kappa shape index (κ3) is 2.66. The molecule has 0 bridgehead atoms. The molecule has 2 N–H and O–H groups in total. The maximum absolute atomic E-state index is 12.5. The van der Waals surface area contributed by atoms with Gasteiger partial charge >= 0.3 is 0 Å². The number of pyridine rings is 1. The normalized spacial score (nSPS) is 8.36. The van der Waals surface area contributed by atoms with E-state index in [1.165, 1.54) is 0 Å². The second-order valence-corrected chi connectivity index (χ2v) is 2.28. The van der Waals surface area contributed by atoms with Gasteiger partial charge in [-0.05, 0) is 11.5 Å². The number of halogens is 1. The van der Waals surface area contributed by atoms with Gasteiger partial charge in [0, 0.05) is 11.0 Å². The number of rotatable bonds is 1. The molecule has 14 heavy (non-hydrogen) atoms. The highest BCUT2D eigenvalue weighted by atomic mass is 19.1. The summed E-state index contributed by atoms with van der Waals surface area (Å²) in [5.41, 5.74) is 13.8. The van der Waals surface area contributed by atoms with Crippen molar-refractivity contribution in [2.45, 2.75) is 0 Å².